The molecule has 0 fully saturated rings. The number of aryl methyl sites for hydroxylation is 2. The van der Waals surface area contributed by atoms with Gasteiger partial charge >= 0.3 is 0 Å². The summed E-state index contributed by atoms with van der Waals surface area (Å²) in [7, 11) is 4.04. The van der Waals surface area contributed by atoms with E-state index in [1.807, 2.05) is 27.1 Å². The second kappa shape index (κ2) is 7.19. The van der Waals surface area contributed by atoms with E-state index in [1.165, 1.54) is 5.56 Å². The number of hydrogen-bond donors (Lipinski definition) is 0. The Hall–Kier alpha value is -2.43. The van der Waals surface area contributed by atoms with Gasteiger partial charge in [-0.15, -0.1) is 0 Å². The molecule has 0 radical (unpaired) electrons. The van der Waals surface area contributed by atoms with E-state index in [1.54, 1.807) is 0 Å². The number of rotatable bonds is 4. The maximum absolute atomic E-state index is 13.0. The van der Waals surface area contributed by atoms with Gasteiger partial charge in [0, 0.05) is 25.3 Å². The first-order valence-corrected chi connectivity index (χ1v) is 10.6. The highest BCUT2D eigenvalue weighted by Gasteiger charge is 2.47. The van der Waals surface area contributed by atoms with Gasteiger partial charge in [-0.3, -0.25) is 4.18 Å². The van der Waals surface area contributed by atoms with Crippen molar-refractivity contribution >= 4 is 16.8 Å². The molecule has 0 bridgehead atoms. The highest BCUT2D eigenvalue weighted by Crippen LogP contribution is 2.49. The number of nitrogens with zero attached hydrogens (tertiary/aromatic N) is 1. The van der Waals surface area contributed by atoms with E-state index in [2.05, 4.69) is 72.5 Å². The van der Waals surface area contributed by atoms with Crippen molar-refractivity contribution in [3.63, 3.8) is 0 Å². The Labute approximate surface area is 169 Å². The van der Waals surface area contributed by atoms with Crippen LogP contribution in [0.2, 0.25) is 0 Å². The van der Waals surface area contributed by atoms with Crippen LogP contribution in [0, 0.1) is 6.92 Å². The largest absolute Gasteiger partial charge is 0.378 e. The summed E-state index contributed by atoms with van der Waals surface area (Å²) in [6, 6.07) is 22.9. The molecule has 4 rings (SSSR count). The van der Waals surface area contributed by atoms with Crippen molar-refractivity contribution in [1.29, 1.82) is 0 Å². The van der Waals surface area contributed by atoms with E-state index < -0.39 is 16.7 Å². The van der Waals surface area contributed by atoms with E-state index in [4.69, 9.17) is 4.18 Å². The van der Waals surface area contributed by atoms with E-state index >= 15 is 0 Å². The summed E-state index contributed by atoms with van der Waals surface area (Å²) in [5, 5.41) is 0. The Balaban J connectivity index is 1.96. The highest BCUT2D eigenvalue weighted by molar-refractivity contribution is 7.80. The zero-order valence-corrected chi connectivity index (χ0v) is 17.5. The Morgan fingerprint density at radius 1 is 0.929 bits per heavy atom. The maximum atomic E-state index is 13.0. The minimum atomic E-state index is -1.51. The number of hydrogen-bond acceptors (Lipinski definition) is 3. The SMILES string of the molecule is CCc1ccc(C2(c3ccc(N(C)C)cc3)OS(=O)c3cc(C)ccc32)cc1. The predicted octanol–water partition coefficient (Wildman–Crippen LogP) is 4.97. The van der Waals surface area contributed by atoms with Gasteiger partial charge in [0.05, 0.1) is 4.90 Å². The van der Waals surface area contributed by atoms with Crippen molar-refractivity contribution < 1.29 is 8.39 Å². The van der Waals surface area contributed by atoms with Crippen LogP contribution in [0.4, 0.5) is 5.69 Å². The van der Waals surface area contributed by atoms with Gasteiger partial charge in [0.25, 0.3) is 0 Å². The maximum Gasteiger partial charge on any atom is 0.191 e. The molecule has 0 saturated heterocycles. The van der Waals surface area contributed by atoms with Crippen molar-refractivity contribution in [3.8, 4) is 0 Å². The average molecular weight is 392 g/mol. The van der Waals surface area contributed by atoms with Gasteiger partial charge in [-0.1, -0.05) is 55.5 Å². The van der Waals surface area contributed by atoms with Crippen LogP contribution in [-0.4, -0.2) is 18.3 Å². The van der Waals surface area contributed by atoms with Crippen molar-refractivity contribution in [3.05, 3.63) is 94.5 Å². The van der Waals surface area contributed by atoms with Crippen LogP contribution < -0.4 is 4.90 Å². The topological polar surface area (TPSA) is 29.5 Å². The molecular weight excluding hydrogens is 366 g/mol. The Morgan fingerprint density at radius 2 is 1.54 bits per heavy atom. The van der Waals surface area contributed by atoms with Crippen molar-refractivity contribution in [2.75, 3.05) is 19.0 Å². The monoisotopic (exact) mass is 391 g/mol. The molecule has 2 atom stereocenters. The first-order valence-electron chi connectivity index (χ1n) is 9.55. The fourth-order valence-corrected chi connectivity index (χ4v) is 5.08. The zero-order chi connectivity index (χ0) is 19.9. The Bertz CT molecular complexity index is 1030. The van der Waals surface area contributed by atoms with Gasteiger partial charge in [0.15, 0.2) is 16.7 Å². The second-order valence-corrected chi connectivity index (χ2v) is 8.57. The molecule has 3 aromatic rings. The molecule has 4 heteroatoms. The molecule has 3 nitrogen and oxygen atoms in total. The fraction of sp³-hybridized carbons (Fsp3) is 0.250. The first kappa shape index (κ1) is 18.9. The third kappa shape index (κ3) is 2.97. The molecule has 3 aromatic carbocycles. The summed E-state index contributed by atoms with van der Waals surface area (Å²) >= 11 is -1.51. The molecule has 0 saturated carbocycles. The predicted molar refractivity (Wildman–Crippen MR) is 115 cm³/mol. The van der Waals surface area contributed by atoms with Crippen LogP contribution in [0.15, 0.2) is 71.6 Å². The van der Waals surface area contributed by atoms with Gasteiger partial charge in [-0.2, -0.15) is 0 Å². The van der Waals surface area contributed by atoms with Crippen molar-refractivity contribution in [2.24, 2.45) is 0 Å². The highest BCUT2D eigenvalue weighted by atomic mass is 32.2. The lowest BCUT2D eigenvalue weighted by atomic mass is 9.80. The number of fused-ring (bicyclic) bond motifs is 1. The summed E-state index contributed by atoms with van der Waals surface area (Å²) in [6.07, 6.45) is 0.980. The van der Waals surface area contributed by atoms with Gasteiger partial charge in [0.2, 0.25) is 0 Å². The lowest BCUT2D eigenvalue weighted by Gasteiger charge is -2.30. The standard InChI is InChI=1S/C24H25NO2S/c1-5-18-7-9-19(10-8-18)24(20-11-13-21(14-12-20)25(3)4)22-15-6-17(2)16-23(22)28(26)27-24/h6-16H,5H2,1-4H3. The Morgan fingerprint density at radius 3 is 2.11 bits per heavy atom. The molecule has 0 N–H and O–H groups in total. The summed E-state index contributed by atoms with van der Waals surface area (Å²) < 4.78 is 19.2. The van der Waals surface area contributed by atoms with Crippen LogP contribution in [0.5, 0.6) is 0 Å². The molecule has 2 unspecified atom stereocenters. The molecule has 1 aliphatic heterocycles. The molecule has 1 heterocycles. The molecule has 28 heavy (non-hydrogen) atoms. The third-order valence-corrected chi connectivity index (χ3v) is 6.55. The molecule has 0 amide bonds. The summed E-state index contributed by atoms with van der Waals surface area (Å²) in [5.74, 6) is 0. The van der Waals surface area contributed by atoms with Gasteiger partial charge in [-0.25, -0.2) is 4.21 Å². The zero-order valence-electron chi connectivity index (χ0n) is 16.7. The van der Waals surface area contributed by atoms with Gasteiger partial charge in [0.1, 0.15) is 0 Å². The second-order valence-electron chi connectivity index (χ2n) is 7.49. The van der Waals surface area contributed by atoms with Crippen LogP contribution in [0.25, 0.3) is 0 Å². The molecular formula is C24H25NO2S. The van der Waals surface area contributed by atoms with E-state index in [-0.39, 0.29) is 0 Å². The minimum absolute atomic E-state index is 0.760. The van der Waals surface area contributed by atoms with Gasteiger partial charge in [-0.05, 0) is 53.8 Å². The summed E-state index contributed by atoms with van der Waals surface area (Å²) in [4.78, 5) is 2.83. The Kier molecular flexibility index (Phi) is 4.86. The lowest BCUT2D eigenvalue weighted by molar-refractivity contribution is 0.193. The molecule has 0 aromatic heterocycles. The quantitative estimate of drug-likeness (QED) is 0.629. The van der Waals surface area contributed by atoms with Crippen LogP contribution >= 0.6 is 0 Å². The lowest BCUT2D eigenvalue weighted by Crippen LogP contribution is -2.29. The minimum Gasteiger partial charge on any atom is -0.378 e. The fourth-order valence-electron chi connectivity index (χ4n) is 3.80. The third-order valence-electron chi connectivity index (χ3n) is 5.46. The van der Waals surface area contributed by atoms with Crippen LogP contribution in [0.1, 0.15) is 34.7 Å². The number of anilines is 1. The van der Waals surface area contributed by atoms with Crippen LogP contribution in [-0.2, 0) is 27.3 Å². The molecule has 0 spiro atoms. The molecule has 0 aliphatic carbocycles. The van der Waals surface area contributed by atoms with E-state index in [0.29, 0.717) is 0 Å². The summed E-state index contributed by atoms with van der Waals surface area (Å²) in [5.41, 5.74) is 5.53. The summed E-state index contributed by atoms with van der Waals surface area (Å²) in [6.45, 7) is 4.16. The smallest absolute Gasteiger partial charge is 0.191 e. The van der Waals surface area contributed by atoms with E-state index in [9.17, 15) is 4.21 Å². The molecule has 144 valence electrons. The first-order chi connectivity index (χ1) is 13.5. The average Bonchev–Trinajstić information content (AvgIpc) is 3.01. The van der Waals surface area contributed by atoms with Crippen LogP contribution in [0.3, 0.4) is 0 Å². The van der Waals surface area contributed by atoms with Crippen molar-refractivity contribution in [2.45, 2.75) is 30.8 Å². The molecule has 1 aliphatic rings. The normalized spacial score (nSPS) is 20.8. The van der Waals surface area contributed by atoms with Gasteiger partial charge < -0.3 is 4.90 Å². The van der Waals surface area contributed by atoms with Crippen molar-refractivity contribution in [1.82, 2.24) is 0 Å². The van der Waals surface area contributed by atoms with E-state index in [0.717, 1.165) is 39.3 Å². The number of benzene rings is 3.